The second kappa shape index (κ2) is 12.5. The van der Waals surface area contributed by atoms with E-state index in [-0.39, 0.29) is 21.7 Å². The van der Waals surface area contributed by atoms with Crippen molar-refractivity contribution in [3.8, 4) is 0 Å². The third-order valence-electron chi connectivity index (χ3n) is 12.6. The van der Waals surface area contributed by atoms with Crippen LogP contribution in [0.3, 0.4) is 0 Å². The number of hydrogen-bond acceptors (Lipinski definition) is 2. The van der Waals surface area contributed by atoms with Gasteiger partial charge in [0.1, 0.15) is 0 Å². The molecule has 2 heteroatoms. The monoisotopic (exact) mass is 700 g/mol. The summed E-state index contributed by atoms with van der Waals surface area (Å²) in [6, 6.07) is 33.3. The van der Waals surface area contributed by atoms with Gasteiger partial charge in [0, 0.05) is 33.3 Å². The summed E-state index contributed by atoms with van der Waals surface area (Å²) in [5, 5.41) is 0. The Morgan fingerprint density at radius 2 is 1.06 bits per heavy atom. The Balaban J connectivity index is 0.00000104. The smallest absolute Gasteiger partial charge is 0.0545 e. The highest BCUT2D eigenvalue weighted by Gasteiger charge is 2.51. The Kier molecular flexibility index (Phi) is 8.68. The molecule has 2 nitrogen and oxygen atoms in total. The van der Waals surface area contributed by atoms with Gasteiger partial charge in [-0.2, -0.15) is 0 Å². The Morgan fingerprint density at radius 1 is 0.585 bits per heavy atom. The molecule has 0 saturated heterocycles. The lowest BCUT2D eigenvalue weighted by Gasteiger charge is -2.55. The highest BCUT2D eigenvalue weighted by molar-refractivity contribution is 5.99. The molecule has 0 spiro atoms. The van der Waals surface area contributed by atoms with Gasteiger partial charge in [-0.1, -0.05) is 136 Å². The Bertz CT molecular complexity index is 2190. The zero-order valence-corrected chi connectivity index (χ0v) is 34.8. The molecule has 5 aromatic rings. The standard InChI is InChI=1S/C47H52N2.C4H8/c1-13-30-22-23-31(25-37(30)44(4,5)6)48(40-24-28(2)20-21-29(40)3)32-26-38-43-39(27-32)47(11,12)36-19-15-17-34-42(36)49(43)41-33(45(34,7)8)16-14-18-35(41)46(38,9)10;1-3-4-2/h14-27H,13H2,1-12H3;3-4H,1-2H3/b;4-3-. The van der Waals surface area contributed by atoms with Crippen molar-refractivity contribution in [2.45, 2.75) is 125 Å². The molecule has 0 radical (unpaired) electrons. The Hall–Kier alpha value is -4.56. The van der Waals surface area contributed by atoms with Gasteiger partial charge in [0.15, 0.2) is 0 Å². The maximum Gasteiger partial charge on any atom is 0.0545 e. The van der Waals surface area contributed by atoms with Crippen LogP contribution < -0.4 is 9.80 Å². The highest BCUT2D eigenvalue weighted by Crippen LogP contribution is 2.66. The molecule has 8 rings (SSSR count). The second-order valence-corrected chi connectivity index (χ2v) is 18.2. The van der Waals surface area contributed by atoms with Crippen molar-refractivity contribution < 1.29 is 0 Å². The van der Waals surface area contributed by atoms with Crippen LogP contribution in [-0.4, -0.2) is 0 Å². The Morgan fingerprint density at radius 3 is 1.51 bits per heavy atom. The lowest BCUT2D eigenvalue weighted by Crippen LogP contribution is -2.43. The maximum atomic E-state index is 2.67. The number of aryl methyl sites for hydroxylation is 3. The number of nitrogens with zero attached hydrogens (tertiary/aromatic N) is 2. The molecular formula is C51H60N2. The number of allylic oxidation sites excluding steroid dienone is 2. The van der Waals surface area contributed by atoms with Crippen molar-refractivity contribution in [3.63, 3.8) is 0 Å². The van der Waals surface area contributed by atoms with Crippen molar-refractivity contribution in [1.82, 2.24) is 0 Å². The van der Waals surface area contributed by atoms with Crippen molar-refractivity contribution in [2.24, 2.45) is 0 Å². The summed E-state index contributed by atoms with van der Waals surface area (Å²) in [6.07, 6.45) is 5.02. The summed E-state index contributed by atoms with van der Waals surface area (Å²) >= 11 is 0. The molecule has 0 N–H and O–H groups in total. The number of para-hydroxylation sites is 2. The predicted molar refractivity (Wildman–Crippen MR) is 230 cm³/mol. The van der Waals surface area contributed by atoms with E-state index < -0.39 is 0 Å². The molecule has 0 amide bonds. The van der Waals surface area contributed by atoms with Crippen LogP contribution >= 0.6 is 0 Å². The number of anilines is 6. The average molecular weight is 701 g/mol. The molecule has 3 aliphatic heterocycles. The number of rotatable bonds is 4. The third-order valence-corrected chi connectivity index (χ3v) is 12.6. The van der Waals surface area contributed by atoms with Crippen LogP contribution in [0.15, 0.2) is 97.1 Å². The minimum absolute atomic E-state index is 0.0331. The highest BCUT2D eigenvalue weighted by atomic mass is 15.2. The number of benzene rings is 5. The molecule has 0 aromatic heterocycles. The van der Waals surface area contributed by atoms with Gasteiger partial charge >= 0.3 is 0 Å². The average Bonchev–Trinajstić information content (AvgIpc) is 3.12. The summed E-state index contributed by atoms with van der Waals surface area (Å²) in [5.41, 5.74) is 21.2. The molecule has 0 saturated carbocycles. The largest absolute Gasteiger partial charge is 0.310 e. The molecule has 3 aliphatic rings. The third kappa shape index (κ3) is 5.42. The van der Waals surface area contributed by atoms with E-state index in [4.69, 9.17) is 0 Å². The van der Waals surface area contributed by atoms with Crippen molar-refractivity contribution in [3.05, 3.63) is 153 Å². The number of hydrogen-bond donors (Lipinski definition) is 0. The molecule has 0 aliphatic carbocycles. The minimum Gasteiger partial charge on any atom is -0.310 e. The van der Waals surface area contributed by atoms with Gasteiger partial charge in [0.2, 0.25) is 0 Å². The van der Waals surface area contributed by atoms with Crippen molar-refractivity contribution in [2.75, 3.05) is 9.80 Å². The molecule has 0 bridgehead atoms. The lowest BCUT2D eigenvalue weighted by atomic mass is 9.61. The summed E-state index contributed by atoms with van der Waals surface area (Å²) in [6.45, 7) is 32.4. The summed E-state index contributed by atoms with van der Waals surface area (Å²) < 4.78 is 0. The van der Waals surface area contributed by atoms with Crippen LogP contribution in [-0.2, 0) is 28.1 Å². The quantitative estimate of drug-likeness (QED) is 0.172. The van der Waals surface area contributed by atoms with Gasteiger partial charge < -0.3 is 9.80 Å². The zero-order valence-electron chi connectivity index (χ0n) is 34.8. The fraction of sp³-hybridized carbons (Fsp3) is 0.373. The van der Waals surface area contributed by atoms with E-state index in [2.05, 4.69) is 178 Å². The van der Waals surface area contributed by atoms with Crippen LogP contribution in [0.1, 0.15) is 139 Å². The first kappa shape index (κ1) is 36.8. The predicted octanol–water partition coefficient (Wildman–Crippen LogP) is 14.6. The van der Waals surface area contributed by atoms with E-state index >= 15 is 0 Å². The van der Waals surface area contributed by atoms with Crippen LogP contribution in [0.4, 0.5) is 34.1 Å². The molecule has 0 fully saturated rings. The van der Waals surface area contributed by atoms with E-state index in [0.717, 1.165) is 6.42 Å². The zero-order chi connectivity index (χ0) is 38.4. The summed E-state index contributed by atoms with van der Waals surface area (Å²) in [4.78, 5) is 5.22. The topological polar surface area (TPSA) is 6.48 Å². The minimum atomic E-state index is -0.201. The van der Waals surface area contributed by atoms with Gasteiger partial charge in [-0.15, -0.1) is 0 Å². The molecular weight excluding hydrogens is 641 g/mol. The van der Waals surface area contributed by atoms with Crippen molar-refractivity contribution in [1.29, 1.82) is 0 Å². The van der Waals surface area contributed by atoms with E-state index in [1.54, 1.807) is 0 Å². The molecule has 3 heterocycles. The fourth-order valence-electron chi connectivity index (χ4n) is 9.40. The lowest BCUT2D eigenvalue weighted by molar-refractivity contribution is 0.566. The van der Waals surface area contributed by atoms with Gasteiger partial charge in [-0.3, -0.25) is 0 Å². The first-order valence-electron chi connectivity index (χ1n) is 19.8. The van der Waals surface area contributed by atoms with E-state index in [9.17, 15) is 0 Å². The van der Waals surface area contributed by atoms with Crippen molar-refractivity contribution >= 4 is 34.1 Å². The van der Waals surface area contributed by atoms with Gasteiger partial charge in [0.05, 0.1) is 17.1 Å². The second-order valence-electron chi connectivity index (χ2n) is 18.2. The fourth-order valence-corrected chi connectivity index (χ4v) is 9.40. The SMILES string of the molecule is C/C=C\C.CCc1ccc(N(c2cc3c4c(c2)C(C)(C)c2cccc5c2N4c2c(cccc2C3(C)C)C5(C)C)c2cc(C)ccc2C)cc1C(C)(C)C. The van der Waals surface area contributed by atoms with Crippen LogP contribution in [0.25, 0.3) is 0 Å². The van der Waals surface area contributed by atoms with Crippen LogP contribution in [0, 0.1) is 13.8 Å². The first-order valence-corrected chi connectivity index (χ1v) is 19.8. The Labute approximate surface area is 320 Å². The summed E-state index contributed by atoms with van der Waals surface area (Å²) in [7, 11) is 0. The van der Waals surface area contributed by atoms with Crippen LogP contribution in [0.2, 0.25) is 0 Å². The van der Waals surface area contributed by atoms with E-state index in [1.807, 2.05) is 26.0 Å². The molecule has 53 heavy (non-hydrogen) atoms. The van der Waals surface area contributed by atoms with Gasteiger partial charge in [0.25, 0.3) is 0 Å². The molecule has 0 unspecified atom stereocenters. The van der Waals surface area contributed by atoms with Gasteiger partial charge in [-0.25, -0.2) is 0 Å². The summed E-state index contributed by atoms with van der Waals surface area (Å²) in [5.74, 6) is 0. The first-order chi connectivity index (χ1) is 24.9. The van der Waals surface area contributed by atoms with E-state index in [1.165, 1.54) is 89.8 Å². The molecule has 274 valence electrons. The molecule has 0 atom stereocenters. The van der Waals surface area contributed by atoms with Crippen LogP contribution in [0.5, 0.6) is 0 Å². The maximum absolute atomic E-state index is 2.67. The van der Waals surface area contributed by atoms with E-state index in [0.29, 0.717) is 0 Å². The molecule has 5 aromatic carbocycles. The van der Waals surface area contributed by atoms with Gasteiger partial charge in [-0.05, 0) is 125 Å². The normalized spacial score (nSPS) is 16.5.